The van der Waals surface area contributed by atoms with Gasteiger partial charge in [0.2, 0.25) is 0 Å². The van der Waals surface area contributed by atoms with Gasteiger partial charge in [-0.15, -0.1) is 0 Å². The van der Waals surface area contributed by atoms with Gasteiger partial charge in [-0.25, -0.2) is 9.59 Å². The molecule has 27 heavy (non-hydrogen) atoms. The van der Waals surface area contributed by atoms with Crippen LogP contribution in [0, 0.1) is 0 Å². The van der Waals surface area contributed by atoms with Gasteiger partial charge in [-0.1, -0.05) is 44.7 Å². The molecule has 0 radical (unpaired) electrons. The number of carbonyl (C=O) groups excluding carboxylic acids is 1. The Morgan fingerprint density at radius 2 is 1.70 bits per heavy atom. The number of hydrogen-bond donors (Lipinski definition) is 2. The largest absolute Gasteiger partial charge is 0.494 e. The molecule has 152 valence electrons. The van der Waals surface area contributed by atoms with Crippen LogP contribution in [0.5, 0.6) is 5.75 Å². The molecule has 1 aromatic carbocycles. The molecule has 2 N–H and O–H groups in total. The monoisotopic (exact) mass is 379 g/mol. The SMILES string of the molecule is CCCCCCCOc1ccc(CC(NC(=O)OC(C)(C)C)C(=O)O)cc1. The first-order chi connectivity index (χ1) is 12.7. The number of ether oxygens (including phenoxy) is 2. The molecular weight excluding hydrogens is 346 g/mol. The maximum absolute atomic E-state index is 11.8. The molecule has 6 nitrogen and oxygen atoms in total. The van der Waals surface area contributed by atoms with Gasteiger partial charge in [-0.2, -0.15) is 0 Å². The Labute approximate surface area is 162 Å². The average molecular weight is 379 g/mol. The van der Waals surface area contributed by atoms with Crippen molar-refractivity contribution in [1.29, 1.82) is 0 Å². The highest BCUT2D eigenvalue weighted by Crippen LogP contribution is 2.15. The summed E-state index contributed by atoms with van der Waals surface area (Å²) in [5, 5.41) is 11.7. The number of rotatable bonds is 11. The van der Waals surface area contributed by atoms with Crippen LogP contribution in [0.15, 0.2) is 24.3 Å². The molecule has 6 heteroatoms. The van der Waals surface area contributed by atoms with Crippen LogP contribution in [0.2, 0.25) is 0 Å². The summed E-state index contributed by atoms with van der Waals surface area (Å²) in [6.45, 7) is 8.05. The molecule has 0 spiro atoms. The number of alkyl carbamates (subject to hydrolysis) is 1. The molecule has 0 aliphatic heterocycles. The second-order valence-corrected chi connectivity index (χ2v) is 7.65. The normalized spacial score (nSPS) is 12.3. The summed E-state index contributed by atoms with van der Waals surface area (Å²) < 4.78 is 10.8. The van der Waals surface area contributed by atoms with Crippen LogP contribution in [0.25, 0.3) is 0 Å². The maximum Gasteiger partial charge on any atom is 0.408 e. The van der Waals surface area contributed by atoms with Crippen molar-refractivity contribution in [2.24, 2.45) is 0 Å². The van der Waals surface area contributed by atoms with Gasteiger partial charge in [0.1, 0.15) is 17.4 Å². The summed E-state index contributed by atoms with van der Waals surface area (Å²) in [4.78, 5) is 23.2. The number of amides is 1. The Hall–Kier alpha value is -2.24. The number of nitrogens with one attached hydrogen (secondary N) is 1. The van der Waals surface area contributed by atoms with Gasteiger partial charge in [0.15, 0.2) is 0 Å². The smallest absolute Gasteiger partial charge is 0.408 e. The Bertz CT molecular complexity index is 577. The van der Waals surface area contributed by atoms with E-state index in [4.69, 9.17) is 9.47 Å². The highest BCUT2D eigenvalue weighted by molar-refractivity contribution is 5.80. The van der Waals surface area contributed by atoms with Gasteiger partial charge in [0, 0.05) is 6.42 Å². The second-order valence-electron chi connectivity index (χ2n) is 7.65. The standard InChI is InChI=1S/C21H33NO5/c1-5-6-7-8-9-14-26-17-12-10-16(11-13-17)15-18(19(23)24)22-20(25)27-21(2,3)4/h10-13,18H,5-9,14-15H2,1-4H3,(H,22,25)(H,23,24). The number of benzene rings is 1. The third kappa shape index (κ3) is 10.5. The predicted octanol–water partition coefficient (Wildman–Crippen LogP) is 4.56. The van der Waals surface area contributed by atoms with Crippen molar-refractivity contribution in [2.45, 2.75) is 77.9 Å². The Morgan fingerprint density at radius 1 is 1.07 bits per heavy atom. The number of unbranched alkanes of at least 4 members (excludes halogenated alkanes) is 4. The second kappa shape index (κ2) is 11.5. The molecule has 0 fully saturated rings. The van der Waals surface area contributed by atoms with Crippen LogP contribution in [0.3, 0.4) is 0 Å². The van der Waals surface area contributed by atoms with Crippen molar-refractivity contribution < 1.29 is 24.2 Å². The number of carboxylic acid groups (broad SMARTS) is 1. The number of carboxylic acids is 1. The first-order valence-electron chi connectivity index (χ1n) is 9.65. The van der Waals surface area contributed by atoms with E-state index in [1.807, 2.05) is 24.3 Å². The fraction of sp³-hybridized carbons (Fsp3) is 0.619. The van der Waals surface area contributed by atoms with E-state index in [2.05, 4.69) is 12.2 Å². The molecule has 0 aliphatic carbocycles. The number of hydrogen-bond acceptors (Lipinski definition) is 4. The van der Waals surface area contributed by atoms with Crippen LogP contribution < -0.4 is 10.1 Å². The van der Waals surface area contributed by atoms with Crippen molar-refractivity contribution in [3.8, 4) is 5.75 Å². The van der Waals surface area contributed by atoms with E-state index < -0.39 is 23.7 Å². The fourth-order valence-corrected chi connectivity index (χ4v) is 2.50. The lowest BCUT2D eigenvalue weighted by molar-refractivity contribution is -0.139. The predicted molar refractivity (Wildman–Crippen MR) is 105 cm³/mol. The van der Waals surface area contributed by atoms with E-state index in [0.717, 1.165) is 17.7 Å². The van der Waals surface area contributed by atoms with Gasteiger partial charge >= 0.3 is 12.1 Å². The molecule has 0 aliphatic rings. The molecule has 1 atom stereocenters. The lowest BCUT2D eigenvalue weighted by atomic mass is 10.1. The number of aliphatic carboxylic acids is 1. The van der Waals surface area contributed by atoms with Gasteiger partial charge in [-0.3, -0.25) is 0 Å². The third-order valence-electron chi connectivity index (χ3n) is 3.87. The molecule has 0 aromatic heterocycles. The van der Waals surface area contributed by atoms with Crippen LogP contribution in [0.1, 0.15) is 65.4 Å². The van der Waals surface area contributed by atoms with Crippen LogP contribution in [0.4, 0.5) is 4.79 Å². The van der Waals surface area contributed by atoms with Crippen molar-refractivity contribution in [2.75, 3.05) is 6.61 Å². The van der Waals surface area contributed by atoms with Crippen molar-refractivity contribution in [3.63, 3.8) is 0 Å². The summed E-state index contributed by atoms with van der Waals surface area (Å²) >= 11 is 0. The van der Waals surface area contributed by atoms with Crippen molar-refractivity contribution in [1.82, 2.24) is 5.32 Å². The molecule has 1 rings (SSSR count). The summed E-state index contributed by atoms with van der Waals surface area (Å²) in [5.74, 6) is -0.338. The van der Waals surface area contributed by atoms with E-state index in [0.29, 0.717) is 6.61 Å². The van der Waals surface area contributed by atoms with Gasteiger partial charge < -0.3 is 19.9 Å². The van der Waals surface area contributed by atoms with Crippen molar-refractivity contribution >= 4 is 12.1 Å². The van der Waals surface area contributed by atoms with E-state index in [1.165, 1.54) is 25.7 Å². The molecule has 0 heterocycles. The van der Waals surface area contributed by atoms with Crippen LogP contribution >= 0.6 is 0 Å². The van der Waals surface area contributed by atoms with Crippen LogP contribution in [-0.4, -0.2) is 35.4 Å². The zero-order valence-corrected chi connectivity index (χ0v) is 16.9. The highest BCUT2D eigenvalue weighted by atomic mass is 16.6. The Kier molecular flexibility index (Phi) is 9.68. The summed E-state index contributed by atoms with van der Waals surface area (Å²) in [6, 6.07) is 6.24. The minimum absolute atomic E-state index is 0.172. The van der Waals surface area contributed by atoms with E-state index in [1.54, 1.807) is 20.8 Å². The lowest BCUT2D eigenvalue weighted by Crippen LogP contribution is -2.44. The summed E-state index contributed by atoms with van der Waals surface area (Å²) in [7, 11) is 0. The lowest BCUT2D eigenvalue weighted by Gasteiger charge is -2.22. The van der Waals surface area contributed by atoms with Crippen molar-refractivity contribution in [3.05, 3.63) is 29.8 Å². The first kappa shape index (κ1) is 22.8. The Balaban J connectivity index is 2.48. The topological polar surface area (TPSA) is 84.9 Å². The molecule has 0 bridgehead atoms. The number of carbonyl (C=O) groups is 2. The highest BCUT2D eigenvalue weighted by Gasteiger charge is 2.24. The van der Waals surface area contributed by atoms with E-state index >= 15 is 0 Å². The minimum Gasteiger partial charge on any atom is -0.494 e. The Morgan fingerprint density at radius 3 is 2.26 bits per heavy atom. The zero-order chi connectivity index (χ0) is 20.3. The minimum atomic E-state index is -1.10. The zero-order valence-electron chi connectivity index (χ0n) is 16.9. The maximum atomic E-state index is 11.8. The molecule has 0 saturated carbocycles. The fourth-order valence-electron chi connectivity index (χ4n) is 2.50. The molecular formula is C21H33NO5. The third-order valence-corrected chi connectivity index (χ3v) is 3.87. The summed E-state index contributed by atoms with van der Waals surface area (Å²) in [6.07, 6.45) is 5.36. The quantitative estimate of drug-likeness (QED) is 0.551. The van der Waals surface area contributed by atoms with E-state index in [-0.39, 0.29) is 6.42 Å². The first-order valence-corrected chi connectivity index (χ1v) is 9.65. The van der Waals surface area contributed by atoms with Gasteiger partial charge in [0.05, 0.1) is 6.61 Å². The molecule has 1 unspecified atom stereocenters. The summed E-state index contributed by atoms with van der Waals surface area (Å²) in [5.41, 5.74) is 0.122. The molecule has 1 aromatic rings. The van der Waals surface area contributed by atoms with E-state index in [9.17, 15) is 14.7 Å². The average Bonchev–Trinajstić information content (AvgIpc) is 2.57. The van der Waals surface area contributed by atoms with Gasteiger partial charge in [-0.05, 0) is 44.9 Å². The molecule has 0 saturated heterocycles. The molecule has 1 amide bonds. The van der Waals surface area contributed by atoms with Gasteiger partial charge in [0.25, 0.3) is 0 Å². The van der Waals surface area contributed by atoms with Crippen LogP contribution in [-0.2, 0) is 16.0 Å².